The fraction of sp³-hybridized carbons (Fsp3) is 0.173. The molecule has 0 saturated carbocycles. The van der Waals surface area contributed by atoms with Gasteiger partial charge in [0.15, 0.2) is 6.54 Å². The highest BCUT2D eigenvalue weighted by Crippen LogP contribution is 2.38. The first-order valence-corrected chi connectivity index (χ1v) is 20.8. The molecule has 0 aliphatic carbocycles. The lowest BCUT2D eigenvalue weighted by Crippen LogP contribution is -2.38. The Balaban J connectivity index is 0.930. The van der Waals surface area contributed by atoms with Gasteiger partial charge in [-0.3, -0.25) is 0 Å². The molecule has 1 aliphatic rings. The minimum absolute atomic E-state index is 0.296. The summed E-state index contributed by atoms with van der Waals surface area (Å²) in [5.74, 6) is 2.16. The summed E-state index contributed by atoms with van der Waals surface area (Å²) in [5, 5.41) is 8.45. The Bertz CT molecular complexity index is 2840. The van der Waals surface area contributed by atoms with Crippen molar-refractivity contribution in [1.82, 2.24) is 0 Å². The van der Waals surface area contributed by atoms with Crippen LogP contribution in [0.15, 0.2) is 163 Å². The van der Waals surface area contributed by atoms with Crippen molar-refractivity contribution in [2.24, 2.45) is 0 Å². The zero-order chi connectivity index (χ0) is 38.7. The number of aryl methyl sites for hydroxylation is 2. The summed E-state index contributed by atoms with van der Waals surface area (Å²) >= 11 is 1.86. The van der Waals surface area contributed by atoms with E-state index >= 15 is 0 Å². The maximum absolute atomic E-state index is 6.46. The second-order valence-electron chi connectivity index (χ2n) is 15.0. The van der Waals surface area contributed by atoms with Gasteiger partial charge in [-0.05, 0) is 84.3 Å². The molecule has 0 bridgehead atoms. The summed E-state index contributed by atoms with van der Waals surface area (Å²) in [7, 11) is 0. The van der Waals surface area contributed by atoms with Gasteiger partial charge >= 0.3 is 0 Å². The Kier molecular flexibility index (Phi) is 10.3. The van der Waals surface area contributed by atoms with Crippen LogP contribution in [0.2, 0.25) is 0 Å². The van der Waals surface area contributed by atoms with Crippen molar-refractivity contribution in [2.75, 3.05) is 24.7 Å². The second-order valence-corrected chi connectivity index (χ2v) is 16.1. The molecule has 1 unspecified atom stereocenters. The Morgan fingerprint density at radius 1 is 0.702 bits per heavy atom. The maximum atomic E-state index is 6.46. The van der Waals surface area contributed by atoms with Gasteiger partial charge in [-0.25, -0.2) is 0 Å². The second kappa shape index (κ2) is 16.1. The number of aromatic nitrogens is 1. The molecule has 0 amide bonds. The average Bonchev–Trinajstić information content (AvgIpc) is 3.61. The first-order chi connectivity index (χ1) is 28.0. The summed E-state index contributed by atoms with van der Waals surface area (Å²) in [6.07, 6.45) is 12.5. The minimum Gasteiger partial charge on any atom is -0.491 e. The van der Waals surface area contributed by atoms with Crippen molar-refractivity contribution in [2.45, 2.75) is 39.7 Å². The molecule has 0 saturated heterocycles. The molecule has 1 atom stereocenters. The molecule has 57 heavy (non-hydrogen) atoms. The lowest BCUT2D eigenvalue weighted by molar-refractivity contribution is -0.669. The van der Waals surface area contributed by atoms with E-state index in [-0.39, 0.29) is 0 Å². The number of anilines is 1. The molecule has 0 fully saturated rings. The number of nitrogens with zero attached hydrogens (tertiary/aromatic N) is 2. The topological polar surface area (TPSA) is 25.6 Å². The van der Waals surface area contributed by atoms with Gasteiger partial charge in [0.2, 0.25) is 5.52 Å². The fourth-order valence-electron chi connectivity index (χ4n) is 8.07. The molecule has 0 spiro atoms. The lowest BCUT2D eigenvalue weighted by atomic mass is 9.88. The summed E-state index contributed by atoms with van der Waals surface area (Å²) in [4.78, 5) is 2.35. The highest BCUT2D eigenvalue weighted by Gasteiger charge is 2.23. The Labute approximate surface area is 339 Å². The van der Waals surface area contributed by atoms with Crippen molar-refractivity contribution in [1.29, 1.82) is 0 Å². The first kappa shape index (κ1) is 36.5. The van der Waals surface area contributed by atoms with Crippen LogP contribution in [-0.2, 0) is 6.54 Å². The molecule has 4 nitrogen and oxygen atoms in total. The predicted octanol–water partition coefficient (Wildman–Crippen LogP) is 12.9. The highest BCUT2D eigenvalue weighted by molar-refractivity contribution is 7.19. The fourth-order valence-corrected chi connectivity index (χ4v) is 9.30. The van der Waals surface area contributed by atoms with Crippen molar-refractivity contribution in [3.63, 3.8) is 0 Å². The van der Waals surface area contributed by atoms with Crippen molar-refractivity contribution < 1.29 is 14.0 Å². The molecule has 1 aliphatic heterocycles. The van der Waals surface area contributed by atoms with Crippen molar-refractivity contribution in [3.05, 3.63) is 185 Å². The monoisotopic (exact) mass is 763 g/mol. The molecular formula is C52H47N2O2S+. The molecule has 7 aromatic carbocycles. The van der Waals surface area contributed by atoms with Crippen molar-refractivity contribution >= 4 is 65.6 Å². The van der Waals surface area contributed by atoms with E-state index < -0.39 is 0 Å². The van der Waals surface area contributed by atoms with Crippen LogP contribution >= 0.6 is 11.3 Å². The predicted molar refractivity (Wildman–Crippen MR) is 241 cm³/mol. The van der Waals surface area contributed by atoms with E-state index in [9.17, 15) is 0 Å². The normalized spacial score (nSPS) is 14.3. The summed E-state index contributed by atoms with van der Waals surface area (Å²) in [6.45, 7) is 9.35. The number of hydrogen-bond donors (Lipinski definition) is 0. The Morgan fingerprint density at radius 3 is 2.04 bits per heavy atom. The van der Waals surface area contributed by atoms with E-state index in [4.69, 9.17) is 9.47 Å². The third-order valence-electron chi connectivity index (χ3n) is 11.3. The van der Waals surface area contributed by atoms with Crippen LogP contribution < -0.4 is 18.9 Å². The largest absolute Gasteiger partial charge is 0.491 e. The third-order valence-corrected chi connectivity index (χ3v) is 12.5. The van der Waals surface area contributed by atoms with E-state index in [1.807, 2.05) is 11.3 Å². The molecular weight excluding hydrogens is 717 g/mol. The van der Waals surface area contributed by atoms with E-state index in [0.29, 0.717) is 19.1 Å². The van der Waals surface area contributed by atoms with Gasteiger partial charge in [-0.1, -0.05) is 138 Å². The molecule has 5 heteroatoms. The van der Waals surface area contributed by atoms with Crippen molar-refractivity contribution in [3.8, 4) is 11.5 Å². The van der Waals surface area contributed by atoms with Crippen LogP contribution in [0, 0.1) is 13.8 Å². The maximum Gasteiger partial charge on any atom is 0.262 e. The van der Waals surface area contributed by atoms with Gasteiger partial charge in [0, 0.05) is 46.1 Å². The number of ether oxygens (including phenoxy) is 2. The van der Waals surface area contributed by atoms with Gasteiger partial charge in [-0.2, -0.15) is 4.57 Å². The first-order valence-electron chi connectivity index (χ1n) is 20.0. The van der Waals surface area contributed by atoms with Gasteiger partial charge in [0.25, 0.3) is 5.01 Å². The standard InChI is InChI=1S/C52H47N2O2S/c1-36(22-24-42-28-29-53(48-35-38(3)37(2)34-46(42)48)30-32-55-49-20-10-15-39-12-4-7-17-43(39)49)23-27-51-54(47-26-25-41-14-6-9-19-45(41)52(47)57-51)31-33-56-50-21-11-16-40-13-5-8-18-44(40)50/h4-23,25-29,34-35,42H,24,30-33H2,1-3H3/q+1. The van der Waals surface area contributed by atoms with E-state index in [0.717, 1.165) is 41.8 Å². The third kappa shape index (κ3) is 7.56. The average molecular weight is 764 g/mol. The van der Waals surface area contributed by atoms with Crippen LogP contribution in [0.1, 0.15) is 41.0 Å². The molecule has 9 rings (SSSR count). The van der Waals surface area contributed by atoms with E-state index in [2.05, 4.69) is 194 Å². The van der Waals surface area contributed by atoms with Gasteiger partial charge in [0.05, 0.1) is 6.54 Å². The molecule has 0 N–H and O–H groups in total. The lowest BCUT2D eigenvalue weighted by Gasteiger charge is -2.31. The Morgan fingerprint density at radius 2 is 1.32 bits per heavy atom. The van der Waals surface area contributed by atoms with E-state index in [1.54, 1.807) is 0 Å². The van der Waals surface area contributed by atoms with Gasteiger partial charge in [-0.15, -0.1) is 0 Å². The Hall–Kier alpha value is -6.17. The number of allylic oxidation sites excluding steroid dienone is 4. The number of rotatable bonds is 12. The van der Waals surface area contributed by atoms with Crippen LogP contribution in [0.3, 0.4) is 0 Å². The molecule has 0 radical (unpaired) electrons. The smallest absolute Gasteiger partial charge is 0.262 e. The highest BCUT2D eigenvalue weighted by atomic mass is 32.1. The van der Waals surface area contributed by atoms with Crippen LogP contribution in [-0.4, -0.2) is 19.8 Å². The quantitative estimate of drug-likeness (QED) is 0.0915. The van der Waals surface area contributed by atoms with Crippen LogP contribution in [0.25, 0.3) is 48.6 Å². The summed E-state index contributed by atoms with van der Waals surface area (Å²) < 4.78 is 16.6. The van der Waals surface area contributed by atoms with Gasteiger partial charge in [0.1, 0.15) is 29.4 Å². The molecule has 1 aromatic heterocycles. The SMILES string of the molecule is CC(C=Cc1sc2c3ccccc3ccc2[n+]1CCOc1cccc2ccccc12)=CCC1C=CN(CCOc2cccc3ccccc23)c2cc(C)c(C)cc21. The zero-order valence-corrected chi connectivity index (χ0v) is 33.6. The number of hydrogen-bond acceptors (Lipinski definition) is 4. The van der Waals surface area contributed by atoms with Crippen LogP contribution in [0.4, 0.5) is 5.69 Å². The molecule has 8 aromatic rings. The van der Waals surface area contributed by atoms with Gasteiger partial charge < -0.3 is 14.4 Å². The number of thiazole rings is 1. The zero-order valence-electron chi connectivity index (χ0n) is 32.8. The number of benzene rings is 7. The van der Waals surface area contributed by atoms with Crippen LogP contribution in [0.5, 0.6) is 11.5 Å². The molecule has 282 valence electrons. The summed E-state index contributed by atoms with van der Waals surface area (Å²) in [6, 6.07) is 47.3. The minimum atomic E-state index is 0.296. The van der Waals surface area contributed by atoms with E-state index in [1.165, 1.54) is 64.7 Å². The molecule has 2 heterocycles. The summed E-state index contributed by atoms with van der Waals surface area (Å²) in [5.41, 5.74) is 7.78. The number of fused-ring (bicyclic) bond motifs is 6.